The lowest BCUT2D eigenvalue weighted by Crippen LogP contribution is -2.29. The number of carbonyl (C=O) groups is 2. The summed E-state index contributed by atoms with van der Waals surface area (Å²) in [7, 11) is -3.79. The molecule has 0 radical (unpaired) electrons. The predicted octanol–water partition coefficient (Wildman–Crippen LogP) is 3.04. The van der Waals surface area contributed by atoms with E-state index in [9.17, 15) is 31.2 Å². The van der Waals surface area contributed by atoms with Gasteiger partial charge in [-0.2, -0.15) is 21.6 Å². The second-order valence-corrected chi connectivity index (χ2v) is 9.35. The van der Waals surface area contributed by atoms with Gasteiger partial charge in [-0.25, -0.2) is 9.97 Å². The summed E-state index contributed by atoms with van der Waals surface area (Å²) < 4.78 is 62.9. The van der Waals surface area contributed by atoms with Crippen molar-refractivity contribution in [1.82, 2.24) is 19.5 Å². The van der Waals surface area contributed by atoms with Gasteiger partial charge in [-0.05, 0) is 23.8 Å². The number of carbonyl (C=O) groups excluding carboxylic acids is 2. The van der Waals surface area contributed by atoms with Crippen LogP contribution in [0.3, 0.4) is 0 Å². The van der Waals surface area contributed by atoms with Crippen LogP contribution in [0, 0.1) is 0 Å². The fraction of sp³-hybridized carbons (Fsp3) is 0.136. The Morgan fingerprint density at radius 1 is 1.03 bits per heavy atom. The Bertz CT molecular complexity index is 1570. The number of halogens is 3. The number of nitrogens with zero attached hydrogens (tertiary/aromatic N) is 4. The summed E-state index contributed by atoms with van der Waals surface area (Å²) in [6.07, 6.45) is 7.10. The minimum absolute atomic E-state index is 0.162. The van der Waals surface area contributed by atoms with E-state index in [4.69, 9.17) is 0 Å². The zero-order chi connectivity index (χ0) is 26.1. The molecule has 0 aliphatic carbocycles. The fourth-order valence-electron chi connectivity index (χ4n) is 3.38. The van der Waals surface area contributed by atoms with E-state index in [2.05, 4.69) is 20.3 Å². The monoisotopic (exact) mass is 518 g/mol. The van der Waals surface area contributed by atoms with E-state index in [1.54, 1.807) is 17.8 Å². The van der Waals surface area contributed by atoms with Gasteiger partial charge in [-0.3, -0.25) is 19.3 Å². The van der Waals surface area contributed by atoms with Gasteiger partial charge in [0.05, 0.1) is 23.9 Å². The Hall–Kier alpha value is -4.33. The van der Waals surface area contributed by atoms with E-state index in [-0.39, 0.29) is 29.1 Å². The highest BCUT2D eigenvalue weighted by atomic mass is 32.2. The summed E-state index contributed by atoms with van der Waals surface area (Å²) in [4.78, 5) is 37.6. The van der Waals surface area contributed by atoms with Crippen molar-refractivity contribution in [3.05, 3.63) is 78.1 Å². The van der Waals surface area contributed by atoms with Crippen LogP contribution in [0.2, 0.25) is 0 Å². The first-order valence-corrected chi connectivity index (χ1v) is 11.7. The van der Waals surface area contributed by atoms with Gasteiger partial charge in [0.2, 0.25) is 5.91 Å². The number of ketones is 1. The van der Waals surface area contributed by atoms with Crippen molar-refractivity contribution in [2.24, 2.45) is 7.05 Å². The molecule has 0 atom stereocenters. The number of rotatable bonds is 7. The first-order valence-electron chi connectivity index (χ1n) is 10.2. The lowest BCUT2D eigenvalue weighted by Gasteiger charge is -2.11. The van der Waals surface area contributed by atoms with E-state index in [1.807, 2.05) is 0 Å². The molecule has 0 aliphatic rings. The number of aryl methyl sites for hydroxylation is 1. The molecule has 1 aromatic carbocycles. The second kappa shape index (κ2) is 9.37. The van der Waals surface area contributed by atoms with Crippen LogP contribution in [0.25, 0.3) is 11.0 Å². The van der Waals surface area contributed by atoms with Crippen LogP contribution in [-0.2, 0) is 28.3 Å². The minimum atomic E-state index is -5.54. The maximum atomic E-state index is 13.1. The molecule has 3 heterocycles. The first kappa shape index (κ1) is 24.8. The van der Waals surface area contributed by atoms with Crippen molar-refractivity contribution in [3.8, 4) is 0 Å². The number of hydrogen-bond donors (Lipinski definition) is 2. The molecular weight excluding hydrogens is 501 g/mol. The lowest BCUT2D eigenvalue weighted by atomic mass is 10.1. The van der Waals surface area contributed by atoms with Gasteiger partial charge >= 0.3 is 15.5 Å². The van der Waals surface area contributed by atoms with Crippen molar-refractivity contribution in [2.45, 2.75) is 11.9 Å². The van der Waals surface area contributed by atoms with Crippen LogP contribution in [0.5, 0.6) is 0 Å². The molecule has 10 nitrogen and oxygen atoms in total. The largest absolute Gasteiger partial charge is 0.516 e. The SMILES string of the molecule is Cn1cc(C(=O)c2cncc(NC(=O)Cc3ccc(NS(=O)(=O)C(F)(F)F)cc3)c2)c2cncnc21. The van der Waals surface area contributed by atoms with Crippen molar-refractivity contribution in [3.63, 3.8) is 0 Å². The van der Waals surface area contributed by atoms with Gasteiger partial charge in [0.15, 0.2) is 5.78 Å². The lowest BCUT2D eigenvalue weighted by molar-refractivity contribution is -0.115. The Labute approximate surface area is 202 Å². The third kappa shape index (κ3) is 5.17. The Morgan fingerprint density at radius 2 is 1.75 bits per heavy atom. The molecule has 0 saturated heterocycles. The Morgan fingerprint density at radius 3 is 2.44 bits per heavy atom. The maximum absolute atomic E-state index is 13.1. The molecule has 0 saturated carbocycles. The van der Waals surface area contributed by atoms with Gasteiger partial charge in [0.1, 0.15) is 12.0 Å². The number of fused-ring (bicyclic) bond motifs is 1. The molecule has 0 spiro atoms. The number of aromatic nitrogens is 4. The van der Waals surface area contributed by atoms with Gasteiger partial charge < -0.3 is 9.88 Å². The van der Waals surface area contributed by atoms with Gasteiger partial charge in [-0.1, -0.05) is 12.1 Å². The molecule has 186 valence electrons. The zero-order valence-corrected chi connectivity index (χ0v) is 19.3. The average Bonchev–Trinajstić information content (AvgIpc) is 3.16. The van der Waals surface area contributed by atoms with E-state index in [1.165, 1.54) is 47.8 Å². The van der Waals surface area contributed by atoms with Crippen LogP contribution in [0.4, 0.5) is 24.5 Å². The summed E-state index contributed by atoms with van der Waals surface area (Å²) in [5, 5.41) is 3.18. The molecule has 3 aromatic heterocycles. The molecule has 14 heteroatoms. The topological polar surface area (TPSA) is 136 Å². The normalized spacial score (nSPS) is 11.9. The van der Waals surface area contributed by atoms with E-state index < -0.39 is 21.4 Å². The summed E-state index contributed by atoms with van der Waals surface area (Å²) in [5.74, 6) is -0.820. The average molecular weight is 518 g/mol. The molecule has 0 fully saturated rings. The molecule has 0 unspecified atom stereocenters. The minimum Gasteiger partial charge on any atom is -0.335 e. The highest BCUT2D eigenvalue weighted by Crippen LogP contribution is 2.26. The highest BCUT2D eigenvalue weighted by molar-refractivity contribution is 7.93. The van der Waals surface area contributed by atoms with Crippen LogP contribution in [-0.4, -0.2) is 45.1 Å². The maximum Gasteiger partial charge on any atom is 0.516 e. The summed E-state index contributed by atoms with van der Waals surface area (Å²) in [6.45, 7) is 0. The van der Waals surface area contributed by atoms with Gasteiger partial charge in [0.25, 0.3) is 0 Å². The number of nitrogens with one attached hydrogen (secondary N) is 2. The van der Waals surface area contributed by atoms with Crippen molar-refractivity contribution in [1.29, 1.82) is 0 Å². The summed E-state index contributed by atoms with van der Waals surface area (Å²) >= 11 is 0. The molecular formula is C22H17F3N6O4S. The number of hydrogen-bond acceptors (Lipinski definition) is 7. The fourth-order valence-corrected chi connectivity index (χ4v) is 3.94. The number of alkyl halides is 3. The smallest absolute Gasteiger partial charge is 0.335 e. The van der Waals surface area contributed by atoms with Gasteiger partial charge in [0, 0.05) is 42.3 Å². The molecule has 0 aliphatic heterocycles. The Kier molecular flexibility index (Phi) is 6.45. The second-order valence-electron chi connectivity index (χ2n) is 7.68. The third-order valence-electron chi connectivity index (χ3n) is 5.04. The number of pyridine rings is 1. The standard InChI is InChI=1S/C22H17F3N6O4S/c1-31-11-18(17-10-27-12-28-21(17)31)20(33)14-7-16(9-26-8-14)29-19(32)6-13-2-4-15(5-3-13)30-36(34,35)22(23,24)25/h2-5,7-12,30H,6H2,1H3,(H,29,32). The van der Waals surface area contributed by atoms with Gasteiger partial charge in [-0.15, -0.1) is 0 Å². The van der Waals surface area contributed by atoms with Crippen LogP contribution in [0.15, 0.2) is 61.4 Å². The van der Waals surface area contributed by atoms with Crippen molar-refractivity contribution < 1.29 is 31.2 Å². The van der Waals surface area contributed by atoms with Crippen LogP contribution < -0.4 is 10.0 Å². The predicted molar refractivity (Wildman–Crippen MR) is 124 cm³/mol. The quantitative estimate of drug-likeness (QED) is 0.359. The number of anilines is 2. The molecule has 2 N–H and O–H groups in total. The zero-order valence-electron chi connectivity index (χ0n) is 18.4. The number of sulfonamides is 1. The van der Waals surface area contributed by atoms with Crippen LogP contribution >= 0.6 is 0 Å². The highest BCUT2D eigenvalue weighted by Gasteiger charge is 2.46. The van der Waals surface area contributed by atoms with E-state index >= 15 is 0 Å². The molecule has 4 aromatic rings. The third-order valence-corrected chi connectivity index (χ3v) is 6.16. The van der Waals surface area contributed by atoms with Crippen molar-refractivity contribution in [2.75, 3.05) is 10.0 Å². The van der Waals surface area contributed by atoms with Crippen LogP contribution in [0.1, 0.15) is 21.5 Å². The van der Waals surface area contributed by atoms with E-state index in [0.717, 1.165) is 12.1 Å². The van der Waals surface area contributed by atoms with E-state index in [0.29, 0.717) is 22.2 Å². The number of amides is 1. The number of benzene rings is 1. The van der Waals surface area contributed by atoms with Crippen molar-refractivity contribution >= 4 is 44.1 Å². The summed E-state index contributed by atoms with van der Waals surface area (Å²) in [5.41, 5.74) is -3.88. The molecule has 1 amide bonds. The molecule has 4 rings (SSSR count). The summed E-state index contributed by atoms with van der Waals surface area (Å²) in [6, 6.07) is 6.31. The first-order chi connectivity index (χ1) is 16.9. The molecule has 36 heavy (non-hydrogen) atoms. The Balaban J connectivity index is 1.44. The molecule has 0 bridgehead atoms.